The SMILES string of the molecule is Cc1c(Cc2ccc(F)c(C(=O)N3CCN(C45CC(C4)C5)C(=O)C3)c2)n[nH]c(=O)c1C.O=C(O)C(F)(F)F. The highest BCUT2D eigenvalue weighted by atomic mass is 19.4. The molecule has 4 aliphatic rings. The number of rotatable bonds is 4. The number of aromatic nitrogens is 2. The van der Waals surface area contributed by atoms with Gasteiger partial charge in [0.25, 0.3) is 11.5 Å². The highest BCUT2D eigenvalue weighted by molar-refractivity contribution is 5.97. The van der Waals surface area contributed by atoms with Crippen LogP contribution >= 0.6 is 0 Å². The van der Waals surface area contributed by atoms with Crippen LogP contribution in [-0.2, 0) is 16.0 Å². The second-order valence-electron chi connectivity index (χ2n) is 10.0. The minimum absolute atomic E-state index is 0.00526. The van der Waals surface area contributed by atoms with Gasteiger partial charge in [-0.05, 0) is 62.3 Å². The molecule has 1 aromatic heterocycles. The van der Waals surface area contributed by atoms with Gasteiger partial charge in [0.2, 0.25) is 5.91 Å². The van der Waals surface area contributed by atoms with E-state index < -0.39 is 23.9 Å². The summed E-state index contributed by atoms with van der Waals surface area (Å²) >= 11 is 0. The van der Waals surface area contributed by atoms with Crippen LogP contribution in [0, 0.1) is 25.6 Å². The lowest BCUT2D eigenvalue weighted by molar-refractivity contribution is -0.192. The molecule has 0 atom stereocenters. The average molecular weight is 538 g/mol. The summed E-state index contributed by atoms with van der Waals surface area (Å²) in [5.74, 6) is -3.10. The van der Waals surface area contributed by atoms with E-state index in [0.717, 1.165) is 30.7 Å². The number of piperazine rings is 1. The number of carboxylic acids is 1. The molecular weight excluding hydrogens is 512 g/mol. The van der Waals surface area contributed by atoms with E-state index in [1.807, 2.05) is 11.8 Å². The fraction of sp³-hybridized carbons (Fsp3) is 0.480. The van der Waals surface area contributed by atoms with Crippen molar-refractivity contribution in [3.63, 3.8) is 0 Å². The maximum atomic E-state index is 14.5. The van der Waals surface area contributed by atoms with Gasteiger partial charge in [-0.2, -0.15) is 18.3 Å². The Morgan fingerprint density at radius 3 is 2.29 bits per heavy atom. The van der Waals surface area contributed by atoms with E-state index >= 15 is 0 Å². The number of hydrogen-bond donors (Lipinski definition) is 2. The maximum Gasteiger partial charge on any atom is 0.490 e. The monoisotopic (exact) mass is 538 g/mol. The Morgan fingerprint density at radius 2 is 1.76 bits per heavy atom. The number of nitrogens with zero attached hydrogens (tertiary/aromatic N) is 3. The molecule has 1 aromatic carbocycles. The number of aromatic amines is 1. The van der Waals surface area contributed by atoms with Crippen LogP contribution in [0.25, 0.3) is 0 Å². The van der Waals surface area contributed by atoms with Crippen molar-refractivity contribution in [2.24, 2.45) is 5.92 Å². The fourth-order valence-electron chi connectivity index (χ4n) is 5.17. The Balaban J connectivity index is 0.000000426. The normalized spacial score (nSPS) is 22.2. The van der Waals surface area contributed by atoms with E-state index in [1.165, 1.54) is 17.0 Å². The largest absolute Gasteiger partial charge is 0.490 e. The van der Waals surface area contributed by atoms with Gasteiger partial charge in [0, 0.05) is 30.6 Å². The third-order valence-electron chi connectivity index (χ3n) is 7.59. The quantitative estimate of drug-likeness (QED) is 0.577. The first-order valence-electron chi connectivity index (χ1n) is 11.9. The van der Waals surface area contributed by atoms with Gasteiger partial charge in [0.05, 0.1) is 11.3 Å². The van der Waals surface area contributed by atoms with Gasteiger partial charge in [-0.25, -0.2) is 14.3 Å². The molecular formula is C25H26F4N4O5. The Hall–Kier alpha value is -3.77. The van der Waals surface area contributed by atoms with Gasteiger partial charge < -0.3 is 14.9 Å². The van der Waals surface area contributed by atoms with Gasteiger partial charge in [-0.3, -0.25) is 14.4 Å². The van der Waals surface area contributed by atoms with Gasteiger partial charge in [0.15, 0.2) is 0 Å². The van der Waals surface area contributed by atoms with E-state index in [-0.39, 0.29) is 29.1 Å². The maximum absolute atomic E-state index is 14.5. The molecule has 2 bridgehead atoms. The van der Waals surface area contributed by atoms with Crippen molar-refractivity contribution in [1.82, 2.24) is 20.0 Å². The number of H-pyrrole nitrogens is 1. The number of carbonyl (C=O) groups is 3. The standard InChI is InChI=1S/C23H25FN4O3.C2HF3O2/c1-13-14(2)21(30)26-25-19(13)8-15-3-4-18(24)17(7-15)22(31)27-5-6-28(20(29)12-27)23-9-16(10-23)11-23;3-2(4,5)1(6)7/h3-4,7,16H,5-6,8-12H2,1-2H3,(H,26,30);(H,6,7). The zero-order valence-electron chi connectivity index (χ0n) is 20.7. The molecule has 2 amide bonds. The number of carboxylic acid groups (broad SMARTS) is 1. The van der Waals surface area contributed by atoms with E-state index in [0.29, 0.717) is 36.3 Å². The van der Waals surface area contributed by atoms with E-state index in [9.17, 15) is 31.9 Å². The van der Waals surface area contributed by atoms with E-state index in [4.69, 9.17) is 9.90 Å². The summed E-state index contributed by atoms with van der Waals surface area (Å²) in [5.41, 5.74) is 2.51. The summed E-state index contributed by atoms with van der Waals surface area (Å²) in [4.78, 5) is 49.7. The zero-order chi connectivity index (χ0) is 28.0. The summed E-state index contributed by atoms with van der Waals surface area (Å²) < 4.78 is 46.3. The van der Waals surface area contributed by atoms with Crippen LogP contribution in [0.2, 0.25) is 0 Å². The molecule has 2 heterocycles. The Kier molecular flexibility index (Phi) is 7.06. The molecule has 204 valence electrons. The van der Waals surface area contributed by atoms with Crippen molar-refractivity contribution in [3.8, 4) is 0 Å². The predicted octanol–water partition coefficient (Wildman–Crippen LogP) is 2.59. The second kappa shape index (κ2) is 9.84. The molecule has 13 heteroatoms. The number of amides is 2. The first-order valence-corrected chi connectivity index (χ1v) is 11.9. The molecule has 0 spiro atoms. The first-order chi connectivity index (χ1) is 17.7. The zero-order valence-corrected chi connectivity index (χ0v) is 20.7. The third-order valence-corrected chi connectivity index (χ3v) is 7.59. The summed E-state index contributed by atoms with van der Waals surface area (Å²) in [6, 6.07) is 4.41. The third kappa shape index (κ3) is 5.14. The minimum atomic E-state index is -5.08. The minimum Gasteiger partial charge on any atom is -0.475 e. The summed E-state index contributed by atoms with van der Waals surface area (Å²) in [6.45, 7) is 4.47. The van der Waals surface area contributed by atoms with Crippen molar-refractivity contribution < 1.29 is 37.1 Å². The molecule has 38 heavy (non-hydrogen) atoms. The summed E-state index contributed by atoms with van der Waals surface area (Å²) in [6.07, 6.45) is -1.47. The highest BCUT2D eigenvalue weighted by Crippen LogP contribution is 2.60. The smallest absolute Gasteiger partial charge is 0.475 e. The lowest BCUT2D eigenvalue weighted by atomic mass is 9.49. The Bertz CT molecular complexity index is 1340. The van der Waals surface area contributed by atoms with Gasteiger partial charge in [-0.1, -0.05) is 6.07 Å². The fourth-order valence-corrected chi connectivity index (χ4v) is 5.17. The van der Waals surface area contributed by atoms with Crippen molar-refractivity contribution in [2.45, 2.75) is 51.2 Å². The molecule has 2 N–H and O–H groups in total. The predicted molar refractivity (Wildman–Crippen MR) is 125 cm³/mol. The molecule has 3 aliphatic carbocycles. The van der Waals surface area contributed by atoms with Crippen LogP contribution in [0.3, 0.4) is 0 Å². The van der Waals surface area contributed by atoms with Crippen LogP contribution in [0.4, 0.5) is 17.6 Å². The van der Waals surface area contributed by atoms with Crippen LogP contribution in [0.1, 0.15) is 52.0 Å². The lowest BCUT2D eigenvalue weighted by Gasteiger charge is -2.67. The average Bonchev–Trinajstić information content (AvgIpc) is 2.79. The molecule has 6 rings (SSSR count). The molecule has 3 saturated carbocycles. The van der Waals surface area contributed by atoms with Crippen LogP contribution < -0.4 is 5.56 Å². The van der Waals surface area contributed by atoms with Crippen molar-refractivity contribution >= 4 is 17.8 Å². The molecule has 0 radical (unpaired) electrons. The van der Waals surface area contributed by atoms with Crippen molar-refractivity contribution in [2.75, 3.05) is 19.6 Å². The molecule has 1 saturated heterocycles. The molecule has 2 aromatic rings. The molecule has 4 fully saturated rings. The Labute approximate surface area is 214 Å². The molecule has 1 aliphatic heterocycles. The number of halogens is 4. The summed E-state index contributed by atoms with van der Waals surface area (Å²) in [5, 5.41) is 13.7. The highest BCUT2D eigenvalue weighted by Gasteiger charge is 2.61. The summed E-state index contributed by atoms with van der Waals surface area (Å²) in [7, 11) is 0. The first kappa shape index (κ1) is 27.3. The molecule has 9 nitrogen and oxygen atoms in total. The number of benzene rings is 1. The topological polar surface area (TPSA) is 124 Å². The van der Waals surface area contributed by atoms with Crippen LogP contribution in [-0.4, -0.2) is 74.2 Å². The van der Waals surface area contributed by atoms with Gasteiger partial charge in [0.1, 0.15) is 12.4 Å². The Morgan fingerprint density at radius 1 is 1.13 bits per heavy atom. The number of nitrogens with one attached hydrogen (secondary N) is 1. The lowest BCUT2D eigenvalue weighted by Crippen LogP contribution is -2.72. The van der Waals surface area contributed by atoms with Crippen LogP contribution in [0.5, 0.6) is 0 Å². The van der Waals surface area contributed by atoms with Gasteiger partial charge >= 0.3 is 12.1 Å². The van der Waals surface area contributed by atoms with Crippen molar-refractivity contribution in [3.05, 3.63) is 62.3 Å². The number of hydrogen-bond acceptors (Lipinski definition) is 5. The van der Waals surface area contributed by atoms with Gasteiger partial charge in [-0.15, -0.1) is 0 Å². The number of aliphatic carboxylic acids is 1. The molecule has 0 unspecified atom stereocenters. The second-order valence-corrected chi connectivity index (χ2v) is 10.0. The van der Waals surface area contributed by atoms with E-state index in [2.05, 4.69) is 10.2 Å². The van der Waals surface area contributed by atoms with Crippen LogP contribution in [0.15, 0.2) is 23.0 Å². The number of carbonyl (C=O) groups excluding carboxylic acids is 2. The van der Waals surface area contributed by atoms with Crippen molar-refractivity contribution in [1.29, 1.82) is 0 Å². The van der Waals surface area contributed by atoms with E-state index in [1.54, 1.807) is 13.0 Å². The number of alkyl halides is 3.